The van der Waals surface area contributed by atoms with Gasteiger partial charge in [-0.05, 0) is 52.4 Å². The molecule has 4 nitrogen and oxygen atoms in total. The molecule has 0 aromatic carbocycles. The van der Waals surface area contributed by atoms with Gasteiger partial charge in [-0.25, -0.2) is 0 Å². The highest BCUT2D eigenvalue weighted by molar-refractivity contribution is 5.69. The fourth-order valence-corrected chi connectivity index (χ4v) is 3.54. The Morgan fingerprint density at radius 2 is 0.853 bits per heavy atom. The SMILES string of the molecule is C=C(C)CCOC(=O)CCCCCCCC/C=C/CCCCCCCCC(=O)OCCC(=C)C. The third kappa shape index (κ3) is 26.4. The van der Waals surface area contributed by atoms with Crippen LogP contribution >= 0.6 is 0 Å². The molecule has 34 heavy (non-hydrogen) atoms. The number of unbranched alkanes of at least 4 members (excludes halogenated alkanes) is 12. The molecular weight excluding hydrogens is 424 g/mol. The van der Waals surface area contributed by atoms with E-state index >= 15 is 0 Å². The van der Waals surface area contributed by atoms with Gasteiger partial charge in [-0.2, -0.15) is 0 Å². The van der Waals surface area contributed by atoms with Gasteiger partial charge in [-0.3, -0.25) is 9.59 Å². The molecule has 0 aliphatic carbocycles. The molecular formula is C30H52O4. The van der Waals surface area contributed by atoms with Gasteiger partial charge in [0.2, 0.25) is 0 Å². The highest BCUT2D eigenvalue weighted by Gasteiger charge is 2.03. The average molecular weight is 477 g/mol. The second kappa shape index (κ2) is 24.3. The zero-order valence-corrected chi connectivity index (χ0v) is 22.3. The van der Waals surface area contributed by atoms with Crippen LogP contribution in [0.2, 0.25) is 0 Å². The first-order chi connectivity index (χ1) is 16.4. The van der Waals surface area contributed by atoms with E-state index in [0.29, 0.717) is 26.1 Å². The van der Waals surface area contributed by atoms with E-state index in [0.717, 1.165) is 49.7 Å². The lowest BCUT2D eigenvalue weighted by atomic mass is 10.1. The monoisotopic (exact) mass is 476 g/mol. The van der Waals surface area contributed by atoms with E-state index in [9.17, 15) is 9.59 Å². The van der Waals surface area contributed by atoms with Gasteiger partial charge in [0.05, 0.1) is 13.2 Å². The van der Waals surface area contributed by atoms with Crippen molar-refractivity contribution in [2.45, 2.75) is 129 Å². The Labute approximate surface area is 210 Å². The zero-order chi connectivity index (χ0) is 25.3. The van der Waals surface area contributed by atoms with E-state index in [2.05, 4.69) is 25.3 Å². The fraction of sp³-hybridized carbons (Fsp3) is 0.733. The number of hydrogen-bond acceptors (Lipinski definition) is 4. The molecule has 4 heteroatoms. The first-order valence-electron chi connectivity index (χ1n) is 13.7. The molecule has 0 aromatic rings. The van der Waals surface area contributed by atoms with Crippen LogP contribution in [-0.4, -0.2) is 25.2 Å². The van der Waals surface area contributed by atoms with Gasteiger partial charge >= 0.3 is 11.9 Å². The first-order valence-corrected chi connectivity index (χ1v) is 13.7. The Morgan fingerprint density at radius 1 is 0.529 bits per heavy atom. The Hall–Kier alpha value is -1.84. The predicted octanol–water partition coefficient (Wildman–Crippen LogP) is 8.80. The molecule has 0 aromatic heterocycles. The first kappa shape index (κ1) is 32.2. The standard InChI is InChI=1S/C30H52O4/c1-27(2)23-25-33-29(31)21-19-17-15-13-11-9-7-5-6-8-10-12-14-16-18-20-22-30(32)34-26-24-28(3)4/h5-6H,1,3,7-26H2,2,4H3/b6-5+. The molecule has 0 atom stereocenters. The molecule has 0 saturated heterocycles. The smallest absolute Gasteiger partial charge is 0.305 e. The van der Waals surface area contributed by atoms with Crippen molar-refractivity contribution in [2.75, 3.05) is 13.2 Å². The van der Waals surface area contributed by atoms with Crippen molar-refractivity contribution >= 4 is 11.9 Å². The minimum Gasteiger partial charge on any atom is -0.465 e. The number of ether oxygens (including phenoxy) is 2. The molecule has 0 fully saturated rings. The highest BCUT2D eigenvalue weighted by Crippen LogP contribution is 2.12. The van der Waals surface area contributed by atoms with Crippen molar-refractivity contribution in [1.82, 2.24) is 0 Å². The van der Waals surface area contributed by atoms with Crippen LogP contribution in [0.5, 0.6) is 0 Å². The molecule has 0 spiro atoms. The number of carbonyl (C=O) groups excluding carboxylic acids is 2. The number of rotatable bonds is 24. The normalized spacial score (nSPS) is 11.0. The van der Waals surface area contributed by atoms with Crippen LogP contribution in [0.15, 0.2) is 36.5 Å². The predicted molar refractivity (Wildman–Crippen MR) is 144 cm³/mol. The Balaban J connectivity index is 3.27. The molecule has 196 valence electrons. The molecule has 0 amide bonds. The van der Waals surface area contributed by atoms with E-state index in [1.165, 1.54) is 64.2 Å². The van der Waals surface area contributed by atoms with Gasteiger partial charge in [-0.1, -0.05) is 74.7 Å². The summed E-state index contributed by atoms with van der Waals surface area (Å²) in [4.78, 5) is 23.2. The Bertz CT molecular complexity index is 526. The summed E-state index contributed by atoms with van der Waals surface area (Å²) in [6.45, 7) is 12.5. The molecule has 0 heterocycles. The largest absolute Gasteiger partial charge is 0.465 e. The van der Waals surface area contributed by atoms with Crippen LogP contribution in [0.4, 0.5) is 0 Å². The average Bonchev–Trinajstić information content (AvgIpc) is 2.77. The van der Waals surface area contributed by atoms with Crippen LogP contribution in [-0.2, 0) is 19.1 Å². The van der Waals surface area contributed by atoms with Crippen LogP contribution in [0.25, 0.3) is 0 Å². The van der Waals surface area contributed by atoms with Gasteiger partial charge < -0.3 is 9.47 Å². The quantitative estimate of drug-likeness (QED) is 0.0793. The van der Waals surface area contributed by atoms with Gasteiger partial charge in [0.15, 0.2) is 0 Å². The van der Waals surface area contributed by atoms with Gasteiger partial charge in [0.1, 0.15) is 0 Å². The van der Waals surface area contributed by atoms with Crippen LogP contribution in [0, 0.1) is 0 Å². The number of allylic oxidation sites excluding steroid dienone is 2. The van der Waals surface area contributed by atoms with Crippen molar-refractivity contribution < 1.29 is 19.1 Å². The number of esters is 2. The van der Waals surface area contributed by atoms with Crippen LogP contribution < -0.4 is 0 Å². The van der Waals surface area contributed by atoms with Crippen LogP contribution in [0.3, 0.4) is 0 Å². The van der Waals surface area contributed by atoms with Crippen molar-refractivity contribution in [3.8, 4) is 0 Å². The van der Waals surface area contributed by atoms with Crippen molar-refractivity contribution in [2.24, 2.45) is 0 Å². The zero-order valence-electron chi connectivity index (χ0n) is 22.3. The van der Waals surface area contributed by atoms with Gasteiger partial charge in [0, 0.05) is 25.7 Å². The maximum absolute atomic E-state index is 11.6. The van der Waals surface area contributed by atoms with E-state index in [1.54, 1.807) is 0 Å². The van der Waals surface area contributed by atoms with E-state index in [1.807, 2.05) is 13.8 Å². The number of carbonyl (C=O) groups is 2. The Kier molecular flexibility index (Phi) is 23.0. The summed E-state index contributed by atoms with van der Waals surface area (Å²) in [7, 11) is 0. The summed E-state index contributed by atoms with van der Waals surface area (Å²) in [6, 6.07) is 0. The summed E-state index contributed by atoms with van der Waals surface area (Å²) in [5.41, 5.74) is 2.11. The van der Waals surface area contributed by atoms with E-state index < -0.39 is 0 Å². The minimum atomic E-state index is -0.0708. The second-order valence-electron chi connectivity index (χ2n) is 9.65. The summed E-state index contributed by atoms with van der Waals surface area (Å²) in [5, 5.41) is 0. The molecule has 0 radical (unpaired) electrons. The third-order valence-corrected chi connectivity index (χ3v) is 5.75. The lowest BCUT2D eigenvalue weighted by Crippen LogP contribution is -2.05. The molecule has 0 bridgehead atoms. The maximum atomic E-state index is 11.6. The summed E-state index contributed by atoms with van der Waals surface area (Å²) in [5.74, 6) is -0.142. The molecule has 0 unspecified atom stereocenters. The van der Waals surface area contributed by atoms with Gasteiger partial charge in [0.25, 0.3) is 0 Å². The van der Waals surface area contributed by atoms with Crippen LogP contribution in [0.1, 0.15) is 129 Å². The van der Waals surface area contributed by atoms with E-state index in [4.69, 9.17) is 9.47 Å². The lowest BCUT2D eigenvalue weighted by Gasteiger charge is -2.04. The summed E-state index contributed by atoms with van der Waals surface area (Å²) < 4.78 is 10.4. The van der Waals surface area contributed by atoms with Crippen molar-refractivity contribution in [1.29, 1.82) is 0 Å². The number of hydrogen-bond donors (Lipinski definition) is 0. The summed E-state index contributed by atoms with van der Waals surface area (Å²) in [6.07, 6.45) is 23.7. The van der Waals surface area contributed by atoms with Crippen molar-refractivity contribution in [3.05, 3.63) is 36.5 Å². The molecule has 0 saturated carbocycles. The Morgan fingerprint density at radius 3 is 1.21 bits per heavy atom. The molecule has 0 rings (SSSR count). The maximum Gasteiger partial charge on any atom is 0.305 e. The third-order valence-electron chi connectivity index (χ3n) is 5.75. The molecule has 0 aliphatic rings. The van der Waals surface area contributed by atoms with Gasteiger partial charge in [-0.15, -0.1) is 13.2 Å². The topological polar surface area (TPSA) is 52.6 Å². The lowest BCUT2D eigenvalue weighted by molar-refractivity contribution is -0.144. The fourth-order valence-electron chi connectivity index (χ4n) is 3.54. The molecule has 0 N–H and O–H groups in total. The second-order valence-corrected chi connectivity index (χ2v) is 9.65. The van der Waals surface area contributed by atoms with E-state index in [-0.39, 0.29) is 11.9 Å². The highest BCUT2D eigenvalue weighted by atomic mass is 16.5. The minimum absolute atomic E-state index is 0.0708. The molecule has 0 aliphatic heterocycles. The van der Waals surface area contributed by atoms with Crippen molar-refractivity contribution in [3.63, 3.8) is 0 Å². The summed E-state index contributed by atoms with van der Waals surface area (Å²) >= 11 is 0.